The molecule has 2 aliphatic heterocycles. The smallest absolute Gasteiger partial charge is 0.272 e. The molecule has 1 N–H and O–H groups in total. The average Bonchev–Trinajstić information content (AvgIpc) is 3.00. The Labute approximate surface area is 238 Å². The lowest BCUT2D eigenvalue weighted by Gasteiger charge is -2.32. The van der Waals surface area contributed by atoms with E-state index in [-0.39, 0.29) is 35.4 Å². The molecule has 41 heavy (non-hydrogen) atoms. The van der Waals surface area contributed by atoms with Crippen molar-refractivity contribution < 1.29 is 27.8 Å². The van der Waals surface area contributed by atoms with Crippen LogP contribution >= 0.6 is 0 Å². The van der Waals surface area contributed by atoms with Gasteiger partial charge >= 0.3 is 0 Å². The minimum absolute atomic E-state index is 0.00539. The molecular weight excluding hydrogens is 530 g/mol. The third-order valence-electron chi connectivity index (χ3n) is 7.65. The predicted octanol–water partition coefficient (Wildman–Crippen LogP) is 4.45. The van der Waals surface area contributed by atoms with Crippen LogP contribution in [0.25, 0.3) is 0 Å². The number of hydrogen-bond acceptors (Lipinski definition) is 6. The molecule has 0 aliphatic carbocycles. The topological polar surface area (TPSA) is 84.0 Å². The highest BCUT2D eigenvalue weighted by molar-refractivity contribution is 5.96. The second-order valence-electron chi connectivity index (χ2n) is 10.5. The molecule has 1 aromatic heterocycles. The van der Waals surface area contributed by atoms with Crippen molar-refractivity contribution in [1.82, 2.24) is 20.1 Å². The third-order valence-corrected chi connectivity index (χ3v) is 7.65. The van der Waals surface area contributed by atoms with E-state index in [4.69, 9.17) is 9.47 Å². The van der Waals surface area contributed by atoms with Crippen LogP contribution in [0.15, 0.2) is 60.8 Å². The predicted molar refractivity (Wildman–Crippen MR) is 149 cm³/mol. The molecule has 2 aliphatic rings. The molecule has 2 saturated heterocycles. The number of methoxy groups -OCH3 is 1. The largest absolute Gasteiger partial charge is 0.497 e. The number of nitrogens with one attached hydrogen (secondary N) is 1. The van der Waals surface area contributed by atoms with Gasteiger partial charge in [-0.25, -0.2) is 8.78 Å². The molecule has 0 atom stereocenters. The van der Waals surface area contributed by atoms with Gasteiger partial charge in [-0.05, 0) is 54.8 Å². The van der Waals surface area contributed by atoms with Crippen LogP contribution in [0, 0.1) is 11.6 Å². The summed E-state index contributed by atoms with van der Waals surface area (Å²) in [5, 5.41) is 3.10. The highest BCUT2D eigenvalue weighted by Crippen LogP contribution is 2.24. The lowest BCUT2D eigenvalue weighted by Crippen LogP contribution is -2.44. The van der Waals surface area contributed by atoms with Crippen molar-refractivity contribution in [2.75, 3.05) is 33.3 Å². The van der Waals surface area contributed by atoms with Gasteiger partial charge in [0.1, 0.15) is 23.4 Å². The third kappa shape index (κ3) is 7.38. The van der Waals surface area contributed by atoms with E-state index >= 15 is 0 Å². The van der Waals surface area contributed by atoms with E-state index in [1.807, 2.05) is 12.1 Å². The van der Waals surface area contributed by atoms with E-state index in [1.165, 1.54) is 17.8 Å². The molecule has 216 valence electrons. The highest BCUT2D eigenvalue weighted by Gasteiger charge is 2.27. The molecule has 3 heterocycles. The van der Waals surface area contributed by atoms with Gasteiger partial charge in [-0.15, -0.1) is 0 Å². The maximum Gasteiger partial charge on any atom is 0.272 e. The number of ether oxygens (including phenoxy) is 2. The first kappa shape index (κ1) is 28.5. The summed E-state index contributed by atoms with van der Waals surface area (Å²) >= 11 is 0. The number of carbonyl (C=O) groups is 2. The van der Waals surface area contributed by atoms with E-state index in [0.29, 0.717) is 31.5 Å². The zero-order valence-corrected chi connectivity index (χ0v) is 23.0. The number of hydrogen-bond donors (Lipinski definition) is 1. The minimum Gasteiger partial charge on any atom is -0.497 e. The van der Waals surface area contributed by atoms with Crippen LogP contribution in [0.5, 0.6) is 11.5 Å². The maximum atomic E-state index is 13.9. The SMILES string of the molecule is COc1ccc(CN2CCC(NC(=O)c3ccc(C(=O)N4CCC(Oc5ccc(F)cc5F)CC4)nc3)CC2)cc1. The number of benzene rings is 2. The first-order valence-electron chi connectivity index (χ1n) is 13.9. The van der Waals surface area contributed by atoms with Crippen molar-refractivity contribution in [3.63, 3.8) is 0 Å². The van der Waals surface area contributed by atoms with Crippen LogP contribution in [0.1, 0.15) is 52.1 Å². The minimum atomic E-state index is -0.744. The molecule has 2 fully saturated rings. The van der Waals surface area contributed by atoms with E-state index in [2.05, 4.69) is 27.3 Å². The van der Waals surface area contributed by atoms with E-state index in [1.54, 1.807) is 24.1 Å². The second-order valence-corrected chi connectivity index (χ2v) is 10.5. The second kappa shape index (κ2) is 13.1. The molecule has 5 rings (SSSR count). The zero-order chi connectivity index (χ0) is 28.8. The highest BCUT2D eigenvalue weighted by atomic mass is 19.1. The number of piperidine rings is 2. The lowest BCUT2D eigenvalue weighted by atomic mass is 10.0. The number of halogens is 2. The van der Waals surface area contributed by atoms with Crippen molar-refractivity contribution in [3.8, 4) is 11.5 Å². The van der Waals surface area contributed by atoms with Crippen LogP contribution in [0.2, 0.25) is 0 Å². The summed E-state index contributed by atoms with van der Waals surface area (Å²) in [6.07, 6.45) is 3.92. The summed E-state index contributed by atoms with van der Waals surface area (Å²) in [4.78, 5) is 34.1. The molecular formula is C31H34F2N4O4. The summed E-state index contributed by atoms with van der Waals surface area (Å²) in [7, 11) is 1.66. The van der Waals surface area contributed by atoms with Crippen LogP contribution in [-0.2, 0) is 6.54 Å². The Bertz CT molecular complexity index is 1340. The fourth-order valence-corrected chi connectivity index (χ4v) is 5.24. The first-order valence-corrected chi connectivity index (χ1v) is 13.9. The number of rotatable bonds is 8. The summed E-state index contributed by atoms with van der Waals surface area (Å²) in [5.41, 5.74) is 1.90. The fourth-order valence-electron chi connectivity index (χ4n) is 5.24. The molecule has 3 aromatic rings. The van der Waals surface area contributed by atoms with Crippen LogP contribution in [0.4, 0.5) is 8.78 Å². The molecule has 0 unspecified atom stereocenters. The Kier molecular flexibility index (Phi) is 9.08. The molecule has 8 nitrogen and oxygen atoms in total. The number of aromatic nitrogens is 1. The molecule has 0 saturated carbocycles. The number of amides is 2. The quantitative estimate of drug-likeness (QED) is 0.436. The van der Waals surface area contributed by atoms with Crippen molar-refractivity contribution in [3.05, 3.63) is 89.2 Å². The van der Waals surface area contributed by atoms with Gasteiger partial charge in [0.2, 0.25) is 0 Å². The molecule has 0 spiro atoms. The Balaban J connectivity index is 1.05. The van der Waals surface area contributed by atoms with Crippen LogP contribution in [-0.4, -0.2) is 72.0 Å². The number of pyridine rings is 1. The Hall–Kier alpha value is -4.05. The summed E-state index contributed by atoms with van der Waals surface area (Å²) in [5.74, 6) is -0.981. The van der Waals surface area contributed by atoms with E-state index < -0.39 is 11.6 Å². The first-order chi connectivity index (χ1) is 19.9. The molecule has 2 amide bonds. The van der Waals surface area contributed by atoms with Gasteiger partial charge < -0.3 is 19.7 Å². The van der Waals surface area contributed by atoms with Crippen LogP contribution in [0.3, 0.4) is 0 Å². The normalized spacial score (nSPS) is 16.8. The molecule has 0 bridgehead atoms. The lowest BCUT2D eigenvalue weighted by molar-refractivity contribution is 0.0582. The van der Waals surface area contributed by atoms with E-state index in [9.17, 15) is 18.4 Å². The molecule has 0 radical (unpaired) electrons. The van der Waals surface area contributed by atoms with Gasteiger partial charge in [-0.2, -0.15) is 0 Å². The standard InChI is InChI=1S/C31H34F2N4O4/c1-40-25-6-2-21(3-7-25)20-36-14-10-24(11-15-36)35-30(38)22-4-8-28(34-19-22)31(39)37-16-12-26(13-17-37)41-29-9-5-23(32)18-27(29)33/h2-9,18-19,24,26H,10-17,20H2,1H3,(H,35,38). The summed E-state index contributed by atoms with van der Waals surface area (Å²) < 4.78 is 37.9. The van der Waals surface area contributed by atoms with Crippen molar-refractivity contribution in [2.45, 2.75) is 44.4 Å². The van der Waals surface area contributed by atoms with Gasteiger partial charge in [0, 0.05) is 63.9 Å². The number of likely N-dealkylation sites (tertiary alicyclic amines) is 2. The van der Waals surface area contributed by atoms with Crippen molar-refractivity contribution in [2.24, 2.45) is 0 Å². The van der Waals surface area contributed by atoms with E-state index in [0.717, 1.165) is 50.4 Å². The summed E-state index contributed by atoms with van der Waals surface area (Å²) in [6, 6.07) is 14.6. The average molecular weight is 565 g/mol. The Morgan fingerprint density at radius 2 is 1.68 bits per heavy atom. The molecule has 2 aromatic carbocycles. The van der Waals surface area contributed by atoms with Gasteiger partial charge in [-0.3, -0.25) is 19.5 Å². The monoisotopic (exact) mass is 564 g/mol. The van der Waals surface area contributed by atoms with Crippen LogP contribution < -0.4 is 14.8 Å². The molecule has 10 heteroatoms. The summed E-state index contributed by atoms with van der Waals surface area (Å²) in [6.45, 7) is 3.49. The Morgan fingerprint density at radius 1 is 0.951 bits per heavy atom. The van der Waals surface area contributed by atoms with Gasteiger partial charge in [0.15, 0.2) is 11.6 Å². The Morgan fingerprint density at radius 3 is 2.32 bits per heavy atom. The van der Waals surface area contributed by atoms with Crippen molar-refractivity contribution in [1.29, 1.82) is 0 Å². The van der Waals surface area contributed by atoms with Gasteiger partial charge in [-0.1, -0.05) is 12.1 Å². The number of nitrogens with zero attached hydrogens (tertiary/aromatic N) is 3. The maximum absolute atomic E-state index is 13.9. The zero-order valence-electron chi connectivity index (χ0n) is 23.0. The van der Waals surface area contributed by atoms with Gasteiger partial charge in [0.05, 0.1) is 12.7 Å². The number of carbonyl (C=O) groups excluding carboxylic acids is 2. The van der Waals surface area contributed by atoms with Gasteiger partial charge in [0.25, 0.3) is 11.8 Å². The fraction of sp³-hybridized carbons (Fsp3) is 0.387. The van der Waals surface area contributed by atoms with Crippen molar-refractivity contribution >= 4 is 11.8 Å².